The van der Waals surface area contributed by atoms with Crippen molar-refractivity contribution in [3.63, 3.8) is 0 Å². The van der Waals surface area contributed by atoms with E-state index in [1.807, 2.05) is 60.8 Å². The van der Waals surface area contributed by atoms with Gasteiger partial charge in [-0.1, -0.05) is 42.1 Å². The summed E-state index contributed by atoms with van der Waals surface area (Å²) in [5.41, 5.74) is 2.81. The number of nitrogens with one attached hydrogen (secondary N) is 1. The molecule has 8 heteroatoms. The molecule has 0 amide bonds. The average Bonchev–Trinajstić information content (AvgIpc) is 3.37. The number of hydrogen-bond acceptors (Lipinski definition) is 7. The van der Waals surface area contributed by atoms with Crippen molar-refractivity contribution in [3.8, 4) is 16.9 Å². The Labute approximate surface area is 184 Å². The lowest BCUT2D eigenvalue weighted by Gasteiger charge is -2.01. The van der Waals surface area contributed by atoms with Crippen molar-refractivity contribution in [2.75, 3.05) is 6.61 Å². The van der Waals surface area contributed by atoms with E-state index in [9.17, 15) is 4.79 Å². The number of ether oxygens (including phenoxy) is 1. The fraction of sp³-hybridized carbons (Fsp3) is 0.136. The van der Waals surface area contributed by atoms with Crippen molar-refractivity contribution in [1.82, 2.24) is 15.0 Å². The molecule has 0 fully saturated rings. The normalized spacial score (nSPS) is 11.4. The van der Waals surface area contributed by atoms with Gasteiger partial charge >= 0.3 is 0 Å². The number of hydrogen-bond donors (Lipinski definition) is 1. The molecule has 150 valence electrons. The Bertz CT molecular complexity index is 1390. The number of thioether (sulfide) groups is 1. The highest BCUT2D eigenvalue weighted by Gasteiger charge is 2.14. The highest BCUT2D eigenvalue weighted by atomic mass is 32.2. The first-order valence-corrected chi connectivity index (χ1v) is 12.1. The molecule has 0 radical (unpaired) electrons. The van der Waals surface area contributed by atoms with E-state index in [-0.39, 0.29) is 5.56 Å². The lowest BCUT2D eigenvalue weighted by atomic mass is 10.1. The van der Waals surface area contributed by atoms with E-state index in [2.05, 4.69) is 15.0 Å². The van der Waals surface area contributed by atoms with Crippen LogP contribution in [0.4, 0.5) is 0 Å². The lowest BCUT2D eigenvalue weighted by molar-refractivity contribution is 0.341. The van der Waals surface area contributed by atoms with Crippen molar-refractivity contribution in [3.05, 3.63) is 70.1 Å². The average molecular weight is 452 g/mol. The van der Waals surface area contributed by atoms with Gasteiger partial charge in [0.2, 0.25) is 0 Å². The van der Waals surface area contributed by atoms with Crippen LogP contribution in [0.3, 0.4) is 0 Å². The molecule has 0 saturated carbocycles. The Morgan fingerprint density at radius 3 is 2.83 bits per heavy atom. The molecule has 3 aromatic heterocycles. The van der Waals surface area contributed by atoms with Crippen LogP contribution in [0, 0.1) is 0 Å². The first-order valence-electron chi connectivity index (χ1n) is 9.43. The summed E-state index contributed by atoms with van der Waals surface area (Å²) < 4.78 is 7.60. The number of thiophene rings is 1. The molecule has 0 unspecified atom stereocenters. The van der Waals surface area contributed by atoms with Crippen LogP contribution in [-0.4, -0.2) is 21.6 Å². The van der Waals surface area contributed by atoms with Gasteiger partial charge in [-0.2, -0.15) is 0 Å². The van der Waals surface area contributed by atoms with Crippen molar-refractivity contribution < 1.29 is 4.74 Å². The number of benzene rings is 2. The molecule has 0 aliphatic heterocycles. The van der Waals surface area contributed by atoms with Gasteiger partial charge in [0.15, 0.2) is 4.34 Å². The number of H-pyrrole nitrogens is 1. The molecule has 0 spiro atoms. The second-order valence-corrected chi connectivity index (χ2v) is 9.65. The summed E-state index contributed by atoms with van der Waals surface area (Å²) in [6.07, 6.45) is 0. The summed E-state index contributed by atoms with van der Waals surface area (Å²) in [7, 11) is 0. The van der Waals surface area contributed by atoms with Gasteiger partial charge < -0.3 is 9.72 Å². The van der Waals surface area contributed by atoms with Crippen LogP contribution in [0.2, 0.25) is 0 Å². The molecular formula is C22H17N3O2S3. The van der Waals surface area contributed by atoms with Gasteiger partial charge in [0.05, 0.1) is 28.0 Å². The van der Waals surface area contributed by atoms with Gasteiger partial charge in [-0.15, -0.1) is 22.7 Å². The number of aromatic amines is 1. The minimum Gasteiger partial charge on any atom is -0.494 e. The lowest BCUT2D eigenvalue weighted by Crippen LogP contribution is -2.10. The molecule has 2 aromatic carbocycles. The molecule has 0 atom stereocenters. The van der Waals surface area contributed by atoms with E-state index in [0.29, 0.717) is 23.6 Å². The SMILES string of the molecule is CCOc1ccc2nc(SCc3nc4scc(-c5ccccc5)c4c(=O)[nH]3)sc2c1. The first kappa shape index (κ1) is 19.3. The van der Waals surface area contributed by atoms with Crippen LogP contribution < -0.4 is 10.3 Å². The minimum absolute atomic E-state index is 0.0960. The topological polar surface area (TPSA) is 67.9 Å². The van der Waals surface area contributed by atoms with Crippen LogP contribution in [0.1, 0.15) is 12.7 Å². The third-order valence-electron chi connectivity index (χ3n) is 4.56. The second kappa shape index (κ2) is 8.22. The zero-order valence-corrected chi connectivity index (χ0v) is 18.5. The largest absolute Gasteiger partial charge is 0.494 e. The highest BCUT2D eigenvalue weighted by Crippen LogP contribution is 2.34. The molecule has 30 heavy (non-hydrogen) atoms. The van der Waals surface area contributed by atoms with Crippen molar-refractivity contribution in [1.29, 1.82) is 0 Å². The second-order valence-electron chi connectivity index (χ2n) is 6.54. The van der Waals surface area contributed by atoms with Gasteiger partial charge in [-0.05, 0) is 30.7 Å². The Kier molecular flexibility index (Phi) is 5.28. The Balaban J connectivity index is 1.40. The number of thiazole rings is 1. The number of fused-ring (bicyclic) bond motifs is 2. The van der Waals surface area contributed by atoms with Crippen LogP contribution in [-0.2, 0) is 5.75 Å². The molecule has 1 N–H and O–H groups in total. The standard InChI is InChI=1S/C22H17N3O2S3/c1-2-27-14-8-9-16-17(10-14)30-22(23-16)29-12-18-24-20(26)19-15(11-28-21(19)25-18)13-6-4-3-5-7-13/h3-11H,2,12H2,1H3,(H,24,25,26). The Morgan fingerprint density at radius 2 is 2.00 bits per heavy atom. The molecule has 0 saturated heterocycles. The van der Waals surface area contributed by atoms with Gasteiger partial charge in [-0.3, -0.25) is 4.79 Å². The maximum atomic E-state index is 12.8. The van der Waals surface area contributed by atoms with Gasteiger partial charge in [0, 0.05) is 10.9 Å². The summed E-state index contributed by atoms with van der Waals surface area (Å²) >= 11 is 4.70. The molecule has 5 rings (SSSR count). The third kappa shape index (κ3) is 3.74. The molecule has 5 nitrogen and oxygen atoms in total. The van der Waals surface area contributed by atoms with Crippen molar-refractivity contribution in [2.24, 2.45) is 0 Å². The van der Waals surface area contributed by atoms with E-state index in [0.717, 1.165) is 36.3 Å². The predicted molar refractivity (Wildman–Crippen MR) is 126 cm³/mol. The zero-order valence-electron chi connectivity index (χ0n) is 16.0. The maximum absolute atomic E-state index is 12.8. The molecule has 0 bridgehead atoms. The van der Waals surface area contributed by atoms with Crippen LogP contribution in [0.5, 0.6) is 5.75 Å². The number of nitrogens with zero attached hydrogens (tertiary/aromatic N) is 2. The Hall–Kier alpha value is -2.68. The number of rotatable bonds is 6. The van der Waals surface area contributed by atoms with Crippen LogP contribution in [0.25, 0.3) is 31.6 Å². The summed E-state index contributed by atoms with van der Waals surface area (Å²) in [5, 5.41) is 2.66. The zero-order chi connectivity index (χ0) is 20.5. The van der Waals surface area contributed by atoms with E-state index in [4.69, 9.17) is 4.74 Å². The quantitative estimate of drug-likeness (QED) is 0.323. The predicted octanol–water partition coefficient (Wildman–Crippen LogP) is 5.95. The number of aromatic nitrogens is 3. The summed E-state index contributed by atoms with van der Waals surface area (Å²) in [6, 6.07) is 15.9. The summed E-state index contributed by atoms with van der Waals surface area (Å²) in [4.78, 5) is 25.9. The third-order valence-corrected chi connectivity index (χ3v) is 7.61. The van der Waals surface area contributed by atoms with E-state index < -0.39 is 0 Å². The highest BCUT2D eigenvalue weighted by molar-refractivity contribution is 8.00. The van der Waals surface area contributed by atoms with E-state index in [1.54, 1.807) is 23.1 Å². The molecule has 0 aliphatic carbocycles. The summed E-state index contributed by atoms with van der Waals surface area (Å²) in [5.74, 6) is 2.07. The monoisotopic (exact) mass is 451 g/mol. The van der Waals surface area contributed by atoms with Gasteiger partial charge in [-0.25, -0.2) is 9.97 Å². The first-order chi connectivity index (χ1) is 14.7. The smallest absolute Gasteiger partial charge is 0.260 e. The molecule has 3 heterocycles. The minimum atomic E-state index is -0.0960. The van der Waals surface area contributed by atoms with E-state index >= 15 is 0 Å². The van der Waals surface area contributed by atoms with Crippen LogP contribution >= 0.6 is 34.4 Å². The molecular weight excluding hydrogens is 434 g/mol. The fourth-order valence-electron chi connectivity index (χ4n) is 3.22. The fourth-order valence-corrected chi connectivity index (χ4v) is 6.16. The molecule has 0 aliphatic rings. The summed E-state index contributed by atoms with van der Waals surface area (Å²) in [6.45, 7) is 2.61. The Morgan fingerprint density at radius 1 is 1.13 bits per heavy atom. The maximum Gasteiger partial charge on any atom is 0.260 e. The van der Waals surface area contributed by atoms with Crippen LogP contribution in [0.15, 0.2) is 63.0 Å². The van der Waals surface area contributed by atoms with Gasteiger partial charge in [0.25, 0.3) is 5.56 Å². The van der Waals surface area contributed by atoms with Gasteiger partial charge in [0.1, 0.15) is 16.4 Å². The van der Waals surface area contributed by atoms with Crippen molar-refractivity contribution in [2.45, 2.75) is 17.0 Å². The van der Waals surface area contributed by atoms with E-state index in [1.165, 1.54) is 11.3 Å². The molecule has 5 aromatic rings. The van der Waals surface area contributed by atoms with Crippen molar-refractivity contribution >= 4 is 54.9 Å².